The number of azide groups is 1. The standard InChI is InChI=1S/C12H11N5O2/c13-16-11(10-6-2-1-3-7-10)12(18)19-9-5-4-8-15-17-14/h1-7H,8-9H2/b5-4+. The molecule has 0 N–H and O–H groups in total. The highest BCUT2D eigenvalue weighted by atomic mass is 16.5. The summed E-state index contributed by atoms with van der Waals surface area (Å²) >= 11 is 0. The molecule has 0 amide bonds. The molecule has 0 unspecified atom stereocenters. The Hall–Kier alpha value is -2.88. The van der Waals surface area contributed by atoms with Crippen molar-refractivity contribution in [1.29, 1.82) is 0 Å². The van der Waals surface area contributed by atoms with Crippen LogP contribution >= 0.6 is 0 Å². The van der Waals surface area contributed by atoms with E-state index in [1.165, 1.54) is 6.08 Å². The molecular weight excluding hydrogens is 246 g/mol. The SMILES string of the molecule is [N-]=[N+]=NC/C=C/COC(=O)C(=[N+]=[N-])c1ccccc1. The maximum Gasteiger partial charge on any atom is 0.422 e. The molecule has 19 heavy (non-hydrogen) atoms. The molecule has 0 radical (unpaired) electrons. The van der Waals surface area contributed by atoms with Crippen LogP contribution in [0.1, 0.15) is 5.56 Å². The normalized spacial score (nSPS) is 9.47. The number of carbonyl (C=O) groups excluding carboxylic acids is 1. The van der Waals surface area contributed by atoms with Gasteiger partial charge in [-0.05, 0) is 17.7 Å². The minimum atomic E-state index is -0.734. The van der Waals surface area contributed by atoms with Gasteiger partial charge in [0.2, 0.25) is 0 Å². The average molecular weight is 257 g/mol. The maximum atomic E-state index is 11.6. The lowest BCUT2D eigenvalue weighted by molar-refractivity contribution is -0.138. The molecule has 0 atom stereocenters. The second-order valence-electron chi connectivity index (χ2n) is 3.30. The van der Waals surface area contributed by atoms with Gasteiger partial charge in [-0.3, -0.25) is 0 Å². The molecule has 0 aliphatic heterocycles. The fourth-order valence-corrected chi connectivity index (χ4v) is 1.23. The third-order valence-electron chi connectivity index (χ3n) is 2.07. The van der Waals surface area contributed by atoms with E-state index < -0.39 is 5.97 Å². The zero-order chi connectivity index (χ0) is 13.9. The van der Waals surface area contributed by atoms with Gasteiger partial charge < -0.3 is 10.3 Å². The summed E-state index contributed by atoms with van der Waals surface area (Å²) in [7, 11) is 0. The van der Waals surface area contributed by atoms with E-state index in [-0.39, 0.29) is 18.9 Å². The summed E-state index contributed by atoms with van der Waals surface area (Å²) < 4.78 is 4.88. The van der Waals surface area contributed by atoms with Gasteiger partial charge in [0, 0.05) is 11.5 Å². The lowest BCUT2D eigenvalue weighted by Gasteiger charge is -1.97. The van der Waals surface area contributed by atoms with Crippen LogP contribution in [0, 0.1) is 0 Å². The van der Waals surface area contributed by atoms with Gasteiger partial charge >= 0.3 is 11.7 Å². The van der Waals surface area contributed by atoms with E-state index in [0.717, 1.165) is 0 Å². The summed E-state index contributed by atoms with van der Waals surface area (Å²) in [6.07, 6.45) is 3.10. The van der Waals surface area contributed by atoms with Gasteiger partial charge in [-0.25, -0.2) is 4.79 Å². The predicted molar refractivity (Wildman–Crippen MR) is 68.3 cm³/mol. The maximum absolute atomic E-state index is 11.6. The van der Waals surface area contributed by atoms with Gasteiger partial charge in [-0.2, -0.15) is 4.79 Å². The molecule has 0 fully saturated rings. The average Bonchev–Trinajstić information content (AvgIpc) is 2.45. The minimum absolute atomic E-state index is 0.00559. The monoisotopic (exact) mass is 257 g/mol. The largest absolute Gasteiger partial charge is 0.453 e. The van der Waals surface area contributed by atoms with Crippen LogP contribution in [0.2, 0.25) is 0 Å². The van der Waals surface area contributed by atoms with Crippen molar-refractivity contribution in [3.8, 4) is 0 Å². The molecular formula is C12H11N5O2. The van der Waals surface area contributed by atoms with Crippen molar-refractivity contribution in [2.24, 2.45) is 5.11 Å². The molecule has 0 aliphatic carbocycles. The molecule has 7 nitrogen and oxygen atoms in total. The first kappa shape index (κ1) is 14.2. The summed E-state index contributed by atoms with van der Waals surface area (Å²) in [4.78, 5) is 17.1. The van der Waals surface area contributed by atoms with Crippen molar-refractivity contribution < 1.29 is 14.3 Å². The van der Waals surface area contributed by atoms with Gasteiger partial charge in [0.15, 0.2) is 0 Å². The van der Waals surface area contributed by atoms with Gasteiger partial charge in [0.05, 0.1) is 5.56 Å². The van der Waals surface area contributed by atoms with Crippen LogP contribution in [-0.4, -0.2) is 29.6 Å². The number of hydrogen-bond donors (Lipinski definition) is 0. The molecule has 96 valence electrons. The van der Waals surface area contributed by atoms with E-state index in [1.807, 2.05) is 0 Å². The van der Waals surface area contributed by atoms with E-state index in [9.17, 15) is 4.79 Å². The summed E-state index contributed by atoms with van der Waals surface area (Å²) in [6, 6.07) is 8.48. The highest BCUT2D eigenvalue weighted by Crippen LogP contribution is 2.01. The zero-order valence-corrected chi connectivity index (χ0v) is 10.0. The van der Waals surface area contributed by atoms with Gasteiger partial charge in [-0.1, -0.05) is 35.5 Å². The minimum Gasteiger partial charge on any atom is -0.453 e. The molecule has 0 spiro atoms. The van der Waals surface area contributed by atoms with Crippen LogP contribution in [0.4, 0.5) is 0 Å². The molecule has 0 bridgehead atoms. The number of benzene rings is 1. The first-order valence-electron chi connectivity index (χ1n) is 5.40. The van der Waals surface area contributed by atoms with Gasteiger partial charge in [0.25, 0.3) is 0 Å². The van der Waals surface area contributed by atoms with E-state index >= 15 is 0 Å². The molecule has 1 rings (SSSR count). The number of carbonyl (C=O) groups is 1. The molecule has 1 aromatic rings. The van der Waals surface area contributed by atoms with E-state index in [2.05, 4.69) is 14.8 Å². The van der Waals surface area contributed by atoms with E-state index in [0.29, 0.717) is 5.56 Å². The summed E-state index contributed by atoms with van der Waals surface area (Å²) in [6.45, 7) is 0.194. The molecule has 0 aromatic heterocycles. The lowest BCUT2D eigenvalue weighted by atomic mass is 10.1. The van der Waals surface area contributed by atoms with Crippen molar-refractivity contribution in [2.75, 3.05) is 13.2 Å². The molecule has 0 saturated heterocycles. The Morgan fingerprint density at radius 3 is 2.63 bits per heavy atom. The molecule has 1 aromatic carbocycles. The lowest BCUT2D eigenvalue weighted by Crippen LogP contribution is -2.19. The van der Waals surface area contributed by atoms with Crippen LogP contribution < -0.4 is 0 Å². The Morgan fingerprint density at radius 2 is 2.00 bits per heavy atom. The number of ether oxygens (including phenoxy) is 1. The van der Waals surface area contributed by atoms with Gasteiger partial charge in [-0.15, -0.1) is 0 Å². The second kappa shape index (κ2) is 8.25. The third kappa shape index (κ3) is 4.87. The van der Waals surface area contributed by atoms with Crippen LogP contribution in [0.3, 0.4) is 0 Å². The van der Waals surface area contributed by atoms with Crippen LogP contribution in [0.15, 0.2) is 47.6 Å². The summed E-state index contributed by atoms with van der Waals surface area (Å²) in [5, 5.41) is 3.28. The van der Waals surface area contributed by atoms with Crippen LogP contribution in [0.5, 0.6) is 0 Å². The molecule has 0 heterocycles. The second-order valence-corrected chi connectivity index (χ2v) is 3.30. The summed E-state index contributed by atoms with van der Waals surface area (Å²) in [5.41, 5.74) is 17.2. The fraction of sp³-hybridized carbons (Fsp3) is 0.167. The van der Waals surface area contributed by atoms with Crippen molar-refractivity contribution in [1.82, 2.24) is 0 Å². The van der Waals surface area contributed by atoms with Crippen LogP contribution in [-0.2, 0) is 9.53 Å². The predicted octanol–water partition coefficient (Wildman–Crippen LogP) is 2.12. The third-order valence-corrected chi connectivity index (χ3v) is 2.07. The van der Waals surface area contributed by atoms with Crippen LogP contribution in [0.25, 0.3) is 16.0 Å². The molecule has 0 saturated carbocycles. The highest BCUT2D eigenvalue weighted by Gasteiger charge is 2.23. The van der Waals surface area contributed by atoms with Crippen molar-refractivity contribution in [2.45, 2.75) is 0 Å². The Balaban J connectivity index is 2.55. The van der Waals surface area contributed by atoms with E-state index in [4.69, 9.17) is 15.8 Å². The van der Waals surface area contributed by atoms with E-state index in [1.54, 1.807) is 36.4 Å². The molecule has 0 aliphatic rings. The topological polar surface area (TPSA) is 111 Å². The highest BCUT2D eigenvalue weighted by molar-refractivity contribution is 6.40. The number of rotatable bonds is 6. The van der Waals surface area contributed by atoms with Crippen molar-refractivity contribution in [3.63, 3.8) is 0 Å². The number of esters is 1. The number of nitrogens with zero attached hydrogens (tertiary/aromatic N) is 5. The first-order chi connectivity index (χ1) is 9.29. The number of hydrogen-bond acceptors (Lipinski definition) is 3. The van der Waals surface area contributed by atoms with Crippen molar-refractivity contribution >= 4 is 11.7 Å². The Labute approximate surface area is 109 Å². The molecule has 7 heteroatoms. The zero-order valence-electron chi connectivity index (χ0n) is 10.0. The smallest absolute Gasteiger partial charge is 0.422 e. The fourth-order valence-electron chi connectivity index (χ4n) is 1.23. The Kier molecular flexibility index (Phi) is 6.16. The Bertz CT molecular complexity index is 555. The van der Waals surface area contributed by atoms with Crippen molar-refractivity contribution in [3.05, 3.63) is 64.0 Å². The van der Waals surface area contributed by atoms with Gasteiger partial charge in [0.1, 0.15) is 6.61 Å². The first-order valence-corrected chi connectivity index (χ1v) is 5.40. The Morgan fingerprint density at radius 1 is 1.26 bits per heavy atom. The quantitative estimate of drug-likeness (QED) is 0.194. The summed E-state index contributed by atoms with van der Waals surface area (Å²) in [5.74, 6) is -0.734.